The Morgan fingerprint density at radius 2 is 1.95 bits per heavy atom. The number of nitrogens with one attached hydrogen (secondary N) is 1. The highest BCUT2D eigenvalue weighted by atomic mass is 32.2. The number of nitrogens with zero attached hydrogens (tertiary/aromatic N) is 2. The topological polar surface area (TPSA) is 135 Å². The van der Waals surface area contributed by atoms with Crippen LogP contribution in [0.4, 0.5) is 0 Å². The first-order chi connectivity index (χ1) is 19.1. The van der Waals surface area contributed by atoms with E-state index in [0.29, 0.717) is 64.1 Å². The van der Waals surface area contributed by atoms with Crippen LogP contribution in [0.1, 0.15) is 43.4 Å². The van der Waals surface area contributed by atoms with E-state index in [4.69, 9.17) is 9.47 Å². The molecule has 1 aromatic heterocycles. The third-order valence-electron chi connectivity index (χ3n) is 8.25. The zero-order valence-electron chi connectivity index (χ0n) is 22.2. The van der Waals surface area contributed by atoms with Crippen molar-refractivity contribution in [1.82, 2.24) is 14.6 Å². The molecule has 2 saturated heterocycles. The fourth-order valence-electron chi connectivity index (χ4n) is 5.72. The fourth-order valence-corrected chi connectivity index (χ4v) is 8.85. The summed E-state index contributed by atoms with van der Waals surface area (Å²) in [5.74, 6) is 0.415. The van der Waals surface area contributed by atoms with E-state index in [-0.39, 0.29) is 33.3 Å². The Kier molecular flexibility index (Phi) is 7.51. The monoisotopic (exact) mass is 589 g/mol. The van der Waals surface area contributed by atoms with E-state index in [0.717, 1.165) is 17.7 Å². The molecule has 2 atom stereocenters. The number of pyridine rings is 1. The van der Waals surface area contributed by atoms with E-state index in [1.807, 2.05) is 12.2 Å². The van der Waals surface area contributed by atoms with Crippen molar-refractivity contribution in [3.63, 3.8) is 0 Å². The van der Waals surface area contributed by atoms with Gasteiger partial charge in [0, 0.05) is 31.9 Å². The maximum atomic E-state index is 13.2. The Morgan fingerprint density at radius 1 is 1.15 bits per heavy atom. The van der Waals surface area contributed by atoms with Crippen LogP contribution in [-0.2, 0) is 31.0 Å². The molecule has 3 fully saturated rings. The number of allylic oxidation sites excluding steroid dienone is 1. The summed E-state index contributed by atoms with van der Waals surface area (Å²) in [7, 11) is -6.92. The highest BCUT2D eigenvalue weighted by Crippen LogP contribution is 2.38. The zero-order valence-corrected chi connectivity index (χ0v) is 23.9. The number of hydrogen-bond acceptors (Lipinski definition) is 9. The van der Waals surface area contributed by atoms with Crippen molar-refractivity contribution in [2.45, 2.75) is 71.3 Å². The lowest BCUT2D eigenvalue weighted by atomic mass is 9.88. The molecule has 3 heterocycles. The Bertz CT molecular complexity index is 1500. The smallest absolute Gasteiger partial charge is 0.244 e. The molecular weight excluding hydrogens is 554 g/mol. The van der Waals surface area contributed by atoms with E-state index in [1.165, 1.54) is 16.6 Å². The molecule has 2 aliphatic heterocycles. The van der Waals surface area contributed by atoms with Crippen LogP contribution in [-0.4, -0.2) is 87.1 Å². The lowest BCUT2D eigenvalue weighted by Crippen LogP contribution is -2.47. The van der Waals surface area contributed by atoms with Gasteiger partial charge in [0.1, 0.15) is 23.4 Å². The van der Waals surface area contributed by atoms with Crippen molar-refractivity contribution in [1.29, 1.82) is 0 Å². The van der Waals surface area contributed by atoms with Gasteiger partial charge in [0.2, 0.25) is 10.0 Å². The molecule has 2 N–H and O–H groups in total. The normalized spacial score (nSPS) is 23.4. The van der Waals surface area contributed by atoms with Crippen LogP contribution in [0.2, 0.25) is 0 Å². The number of benzene rings is 1. The Labute approximate surface area is 235 Å². The second-order valence-electron chi connectivity index (χ2n) is 11.2. The van der Waals surface area contributed by atoms with E-state index < -0.39 is 26.0 Å². The van der Waals surface area contributed by atoms with Gasteiger partial charge in [-0.05, 0) is 74.4 Å². The van der Waals surface area contributed by atoms with Gasteiger partial charge in [-0.15, -0.1) is 0 Å². The van der Waals surface area contributed by atoms with Crippen LogP contribution >= 0.6 is 0 Å². The van der Waals surface area contributed by atoms with Gasteiger partial charge >= 0.3 is 0 Å². The maximum absolute atomic E-state index is 13.2. The highest BCUT2D eigenvalue weighted by molar-refractivity contribution is 7.92. The van der Waals surface area contributed by atoms with Crippen LogP contribution in [0.5, 0.6) is 5.75 Å². The van der Waals surface area contributed by atoms with Crippen molar-refractivity contribution < 1.29 is 31.4 Å². The van der Waals surface area contributed by atoms with Gasteiger partial charge in [-0.2, -0.15) is 4.31 Å². The van der Waals surface area contributed by atoms with Crippen LogP contribution in [0.15, 0.2) is 52.4 Å². The van der Waals surface area contributed by atoms with Gasteiger partial charge in [-0.3, -0.25) is 4.98 Å². The standard InChI is InChI=1S/C28H35N3O7S2/c32-22(19-37-23-4-2-5-25(14-23)39(33,34)24-7-8-24)16-29-21-15-28(38-18-21)9-11-31(12-10-28)40(35,36)26-13-20-3-1-6-27(20)30-17-26/h1-2,4-6,13-14,17,21-22,24,29,32H,3,7-12,15-16,18-19H2/t21-,22+/m1/s1. The summed E-state index contributed by atoms with van der Waals surface area (Å²) in [6.07, 6.45) is 8.61. The van der Waals surface area contributed by atoms with E-state index >= 15 is 0 Å². The van der Waals surface area contributed by atoms with Crippen molar-refractivity contribution >= 4 is 25.9 Å². The summed E-state index contributed by atoms with van der Waals surface area (Å²) in [4.78, 5) is 4.81. The van der Waals surface area contributed by atoms with Crippen molar-refractivity contribution in [3.8, 4) is 5.75 Å². The predicted molar refractivity (Wildman–Crippen MR) is 148 cm³/mol. The summed E-state index contributed by atoms with van der Waals surface area (Å²) in [5.41, 5.74) is 1.39. The molecule has 1 aromatic carbocycles. The molecule has 4 aliphatic rings. The number of sulfone groups is 1. The van der Waals surface area contributed by atoms with Gasteiger partial charge in [-0.1, -0.05) is 12.1 Å². The molecule has 0 amide bonds. The van der Waals surface area contributed by atoms with Crippen LogP contribution in [0.25, 0.3) is 6.08 Å². The summed E-state index contributed by atoms with van der Waals surface area (Å²) in [6, 6.07) is 8.21. The summed E-state index contributed by atoms with van der Waals surface area (Å²) in [5, 5.41) is 13.5. The van der Waals surface area contributed by atoms with E-state index in [2.05, 4.69) is 10.3 Å². The van der Waals surface area contributed by atoms with Gasteiger partial charge in [0.15, 0.2) is 9.84 Å². The highest BCUT2D eigenvalue weighted by Gasteiger charge is 2.45. The number of aromatic nitrogens is 1. The van der Waals surface area contributed by atoms with Crippen molar-refractivity contribution in [2.24, 2.45) is 0 Å². The number of aliphatic hydroxyl groups is 1. The van der Waals surface area contributed by atoms with Crippen LogP contribution < -0.4 is 10.1 Å². The molecule has 6 rings (SSSR count). The Balaban J connectivity index is 0.959. The first-order valence-electron chi connectivity index (χ1n) is 13.8. The number of sulfonamides is 1. The summed E-state index contributed by atoms with van der Waals surface area (Å²) >= 11 is 0. The first-order valence-corrected chi connectivity index (χ1v) is 16.8. The maximum Gasteiger partial charge on any atom is 0.244 e. The third-order valence-corrected chi connectivity index (χ3v) is 12.4. The lowest BCUT2D eigenvalue weighted by molar-refractivity contribution is -0.0312. The molecule has 1 saturated carbocycles. The number of fused-ring (bicyclic) bond motifs is 1. The predicted octanol–water partition coefficient (Wildman–Crippen LogP) is 1.93. The quantitative estimate of drug-likeness (QED) is 0.426. The van der Waals surface area contributed by atoms with Gasteiger partial charge in [0.25, 0.3) is 0 Å². The lowest BCUT2D eigenvalue weighted by Gasteiger charge is -2.38. The SMILES string of the molecule is O=S(=O)(c1cccc(OC[C@@H](O)CN[C@H]2COC3(CCN(S(=O)(=O)c4cnc5c(c4)CC=C5)CC3)C2)c1)C1CC1. The van der Waals surface area contributed by atoms with Crippen LogP contribution in [0, 0.1) is 0 Å². The molecule has 0 unspecified atom stereocenters. The minimum Gasteiger partial charge on any atom is -0.491 e. The number of piperidine rings is 1. The zero-order chi connectivity index (χ0) is 28.0. The minimum absolute atomic E-state index is 0.0269. The number of aliphatic hydroxyl groups excluding tert-OH is 1. The Morgan fingerprint density at radius 3 is 2.73 bits per heavy atom. The third kappa shape index (κ3) is 5.70. The average Bonchev–Trinajstić information content (AvgIpc) is 3.60. The number of ether oxygens (including phenoxy) is 2. The fraction of sp³-hybridized carbons (Fsp3) is 0.536. The molecule has 0 bridgehead atoms. The minimum atomic E-state index is -3.61. The molecule has 0 radical (unpaired) electrons. The second kappa shape index (κ2) is 10.8. The summed E-state index contributed by atoms with van der Waals surface area (Å²) in [6.45, 7) is 1.58. The van der Waals surface area contributed by atoms with Gasteiger partial charge < -0.3 is 19.9 Å². The molecule has 216 valence electrons. The molecule has 2 aromatic rings. The second-order valence-corrected chi connectivity index (χ2v) is 15.4. The van der Waals surface area contributed by atoms with E-state index in [9.17, 15) is 21.9 Å². The molecule has 40 heavy (non-hydrogen) atoms. The molecule has 10 nitrogen and oxygen atoms in total. The number of hydrogen-bond donors (Lipinski definition) is 2. The molecule has 2 aliphatic carbocycles. The largest absolute Gasteiger partial charge is 0.491 e. The average molecular weight is 590 g/mol. The Hall–Kier alpha value is -2.35. The molecule has 1 spiro atoms. The molecular formula is C28H35N3O7S2. The molecule has 12 heteroatoms. The van der Waals surface area contributed by atoms with Crippen LogP contribution in [0.3, 0.4) is 0 Å². The first kappa shape index (κ1) is 27.8. The van der Waals surface area contributed by atoms with Crippen molar-refractivity contribution in [3.05, 3.63) is 53.9 Å². The summed E-state index contributed by atoms with van der Waals surface area (Å²) < 4.78 is 64.8. The van der Waals surface area contributed by atoms with Gasteiger partial charge in [0.05, 0.1) is 28.0 Å². The van der Waals surface area contributed by atoms with Crippen molar-refractivity contribution in [2.75, 3.05) is 32.8 Å². The number of rotatable bonds is 10. The van der Waals surface area contributed by atoms with E-state index in [1.54, 1.807) is 24.3 Å². The van der Waals surface area contributed by atoms with Gasteiger partial charge in [-0.25, -0.2) is 16.8 Å².